The van der Waals surface area contributed by atoms with Gasteiger partial charge in [0.1, 0.15) is 5.75 Å². The maximum atomic E-state index is 5.91. The molecule has 112 valence electrons. The number of hydrogen-bond acceptors (Lipinski definition) is 6. The lowest BCUT2D eigenvalue weighted by Gasteiger charge is -2.24. The van der Waals surface area contributed by atoms with Gasteiger partial charge in [-0.15, -0.1) is 0 Å². The van der Waals surface area contributed by atoms with Crippen LogP contribution in [0.5, 0.6) is 5.75 Å². The minimum absolute atomic E-state index is 0.227. The second-order valence-electron chi connectivity index (χ2n) is 5.06. The van der Waals surface area contributed by atoms with E-state index in [-0.39, 0.29) is 6.10 Å². The third-order valence-corrected chi connectivity index (χ3v) is 4.79. The first kappa shape index (κ1) is 14.3. The molecule has 0 fully saturated rings. The summed E-state index contributed by atoms with van der Waals surface area (Å²) in [6.07, 6.45) is 0.914. The number of rotatable bonds is 5. The molecule has 2 aromatic rings. The number of para-hydroxylation sites is 2. The fraction of sp³-hybridized carbons (Fsp3) is 0.467. The van der Waals surface area contributed by atoms with Crippen LogP contribution in [-0.2, 0) is 5.75 Å². The molecule has 1 aliphatic rings. The highest BCUT2D eigenvalue weighted by Gasteiger charge is 2.25. The van der Waals surface area contributed by atoms with Gasteiger partial charge < -0.3 is 14.6 Å². The van der Waals surface area contributed by atoms with E-state index in [1.54, 1.807) is 0 Å². The minimum Gasteiger partial charge on any atom is -0.477 e. The summed E-state index contributed by atoms with van der Waals surface area (Å²) in [6.45, 7) is 5.02. The van der Waals surface area contributed by atoms with Crippen molar-refractivity contribution >= 4 is 17.4 Å². The van der Waals surface area contributed by atoms with Crippen molar-refractivity contribution in [3.63, 3.8) is 0 Å². The Bertz CT molecular complexity index is 602. The van der Waals surface area contributed by atoms with Crippen LogP contribution in [0.1, 0.15) is 38.1 Å². The molecule has 1 aliphatic heterocycles. The Morgan fingerprint density at radius 1 is 1.43 bits per heavy atom. The van der Waals surface area contributed by atoms with E-state index in [0.717, 1.165) is 29.4 Å². The lowest BCUT2D eigenvalue weighted by molar-refractivity contribution is 0.163. The van der Waals surface area contributed by atoms with Crippen LogP contribution in [0.15, 0.2) is 28.8 Å². The number of nitrogens with zero attached hydrogens (tertiary/aromatic N) is 2. The average Bonchev–Trinajstić information content (AvgIpc) is 3.01. The van der Waals surface area contributed by atoms with Crippen molar-refractivity contribution in [1.82, 2.24) is 10.1 Å². The molecule has 2 atom stereocenters. The SMILES string of the molecule is CCC(C)SCc1noc(C2CNc3ccccc3O2)n1. The summed E-state index contributed by atoms with van der Waals surface area (Å²) < 4.78 is 11.3. The maximum absolute atomic E-state index is 5.91. The molecule has 1 aromatic carbocycles. The highest BCUT2D eigenvalue weighted by molar-refractivity contribution is 7.99. The highest BCUT2D eigenvalue weighted by atomic mass is 32.2. The van der Waals surface area contributed by atoms with Crippen molar-refractivity contribution in [3.8, 4) is 5.75 Å². The van der Waals surface area contributed by atoms with E-state index in [9.17, 15) is 0 Å². The van der Waals surface area contributed by atoms with Gasteiger partial charge in [-0.05, 0) is 18.6 Å². The molecule has 2 unspecified atom stereocenters. The molecule has 1 N–H and O–H groups in total. The first-order chi connectivity index (χ1) is 10.3. The van der Waals surface area contributed by atoms with Crippen molar-refractivity contribution in [2.24, 2.45) is 0 Å². The van der Waals surface area contributed by atoms with Crippen molar-refractivity contribution in [2.75, 3.05) is 11.9 Å². The van der Waals surface area contributed by atoms with E-state index in [2.05, 4.69) is 29.3 Å². The van der Waals surface area contributed by atoms with Gasteiger partial charge in [-0.3, -0.25) is 0 Å². The van der Waals surface area contributed by atoms with Gasteiger partial charge in [-0.1, -0.05) is 31.1 Å². The summed E-state index contributed by atoms with van der Waals surface area (Å²) in [5, 5.41) is 7.96. The zero-order valence-corrected chi connectivity index (χ0v) is 13.0. The molecule has 0 saturated carbocycles. The zero-order valence-electron chi connectivity index (χ0n) is 12.2. The van der Waals surface area contributed by atoms with E-state index in [4.69, 9.17) is 9.26 Å². The third kappa shape index (κ3) is 3.32. The number of aromatic nitrogens is 2. The fourth-order valence-corrected chi connectivity index (χ4v) is 2.83. The van der Waals surface area contributed by atoms with Gasteiger partial charge in [0.15, 0.2) is 11.9 Å². The summed E-state index contributed by atoms with van der Waals surface area (Å²) in [4.78, 5) is 4.45. The Morgan fingerprint density at radius 3 is 3.14 bits per heavy atom. The highest BCUT2D eigenvalue weighted by Crippen LogP contribution is 2.33. The number of anilines is 1. The Kier molecular flexibility index (Phi) is 4.34. The predicted octanol–water partition coefficient (Wildman–Crippen LogP) is 3.65. The molecule has 5 nitrogen and oxygen atoms in total. The molecule has 0 radical (unpaired) electrons. The van der Waals surface area contributed by atoms with Crippen LogP contribution >= 0.6 is 11.8 Å². The zero-order chi connectivity index (χ0) is 14.7. The first-order valence-corrected chi connectivity index (χ1v) is 8.24. The van der Waals surface area contributed by atoms with Crippen LogP contribution in [0.3, 0.4) is 0 Å². The standard InChI is InChI=1S/C15H19N3O2S/c1-3-10(2)21-9-14-17-15(20-18-14)13-8-16-11-6-4-5-7-12(11)19-13/h4-7,10,13,16H,3,8-9H2,1-2H3. The molecule has 3 rings (SSSR count). The lowest BCUT2D eigenvalue weighted by atomic mass is 10.2. The van der Waals surface area contributed by atoms with Gasteiger partial charge in [0.2, 0.25) is 0 Å². The van der Waals surface area contributed by atoms with E-state index >= 15 is 0 Å². The molecular weight excluding hydrogens is 286 g/mol. The quantitative estimate of drug-likeness (QED) is 0.910. The van der Waals surface area contributed by atoms with Crippen LogP contribution in [0.25, 0.3) is 0 Å². The second-order valence-corrected chi connectivity index (χ2v) is 6.49. The second kappa shape index (κ2) is 6.39. The van der Waals surface area contributed by atoms with Crippen LogP contribution in [0.4, 0.5) is 5.69 Å². The predicted molar refractivity (Wildman–Crippen MR) is 83.6 cm³/mol. The summed E-state index contributed by atoms with van der Waals surface area (Å²) in [5.41, 5.74) is 1.00. The van der Waals surface area contributed by atoms with Gasteiger partial charge in [0, 0.05) is 5.25 Å². The number of ether oxygens (including phenoxy) is 1. The summed E-state index contributed by atoms with van der Waals surface area (Å²) in [7, 11) is 0. The molecule has 0 saturated heterocycles. The van der Waals surface area contributed by atoms with Crippen molar-refractivity contribution < 1.29 is 9.26 Å². The molecule has 6 heteroatoms. The molecule has 21 heavy (non-hydrogen) atoms. The summed E-state index contributed by atoms with van der Waals surface area (Å²) in [5.74, 6) is 2.87. The average molecular weight is 305 g/mol. The summed E-state index contributed by atoms with van der Waals surface area (Å²) >= 11 is 1.84. The van der Waals surface area contributed by atoms with Crippen LogP contribution in [0, 0.1) is 0 Å². The Balaban J connectivity index is 1.65. The molecule has 0 bridgehead atoms. The van der Waals surface area contributed by atoms with Gasteiger partial charge in [-0.2, -0.15) is 16.7 Å². The van der Waals surface area contributed by atoms with Crippen LogP contribution < -0.4 is 10.1 Å². The smallest absolute Gasteiger partial charge is 0.269 e. The molecule has 2 heterocycles. The fourth-order valence-electron chi connectivity index (χ4n) is 2.04. The third-order valence-electron chi connectivity index (χ3n) is 3.47. The Labute approximate surface area is 128 Å². The Hall–Kier alpha value is -1.69. The number of nitrogens with one attached hydrogen (secondary N) is 1. The molecule has 0 amide bonds. The van der Waals surface area contributed by atoms with Crippen molar-refractivity contribution in [2.45, 2.75) is 37.4 Å². The van der Waals surface area contributed by atoms with Gasteiger partial charge in [0.05, 0.1) is 18.0 Å². The molecule has 0 spiro atoms. The van der Waals surface area contributed by atoms with E-state index in [1.807, 2.05) is 36.0 Å². The topological polar surface area (TPSA) is 60.2 Å². The summed E-state index contributed by atoms with van der Waals surface area (Å²) in [6, 6.07) is 7.86. The largest absolute Gasteiger partial charge is 0.477 e. The molecular formula is C15H19N3O2S. The Morgan fingerprint density at radius 2 is 2.29 bits per heavy atom. The number of fused-ring (bicyclic) bond motifs is 1. The molecule has 0 aliphatic carbocycles. The van der Waals surface area contributed by atoms with Crippen LogP contribution in [-0.4, -0.2) is 21.9 Å². The number of thioether (sulfide) groups is 1. The van der Waals surface area contributed by atoms with Crippen molar-refractivity contribution in [1.29, 1.82) is 0 Å². The first-order valence-electron chi connectivity index (χ1n) is 7.20. The number of benzene rings is 1. The van der Waals surface area contributed by atoms with Crippen molar-refractivity contribution in [3.05, 3.63) is 36.0 Å². The van der Waals surface area contributed by atoms with Crippen LogP contribution in [0.2, 0.25) is 0 Å². The monoisotopic (exact) mass is 305 g/mol. The van der Waals surface area contributed by atoms with Gasteiger partial charge in [-0.25, -0.2) is 0 Å². The normalized spacial score (nSPS) is 18.5. The van der Waals surface area contributed by atoms with E-state index < -0.39 is 0 Å². The molecule has 1 aromatic heterocycles. The number of hydrogen-bond donors (Lipinski definition) is 1. The van der Waals surface area contributed by atoms with Gasteiger partial charge in [0.25, 0.3) is 5.89 Å². The van der Waals surface area contributed by atoms with E-state index in [0.29, 0.717) is 17.7 Å². The minimum atomic E-state index is -0.227. The van der Waals surface area contributed by atoms with Gasteiger partial charge >= 0.3 is 0 Å². The van der Waals surface area contributed by atoms with E-state index in [1.165, 1.54) is 0 Å². The lowest BCUT2D eigenvalue weighted by Crippen LogP contribution is -2.23. The maximum Gasteiger partial charge on any atom is 0.269 e.